The fourth-order valence-electron chi connectivity index (χ4n) is 8.05. The topological polar surface area (TPSA) is 182 Å². The van der Waals surface area contributed by atoms with E-state index in [1.807, 2.05) is 18.2 Å². The lowest BCUT2D eigenvalue weighted by molar-refractivity contribution is -0.141. The number of alkyl carbamates (subject to hydrolysis) is 1. The van der Waals surface area contributed by atoms with E-state index in [9.17, 15) is 27.6 Å². The van der Waals surface area contributed by atoms with Crippen LogP contribution in [0, 0.1) is 5.92 Å². The minimum absolute atomic E-state index is 0.0317. The van der Waals surface area contributed by atoms with Crippen molar-refractivity contribution in [3.05, 3.63) is 30.0 Å². The van der Waals surface area contributed by atoms with Gasteiger partial charge in [-0.2, -0.15) is 0 Å². The number of benzene rings is 1. The third kappa shape index (κ3) is 7.79. The number of aryl methyl sites for hydroxylation is 1. The van der Waals surface area contributed by atoms with Crippen molar-refractivity contribution in [1.82, 2.24) is 25.2 Å². The molecule has 1 aromatic carbocycles. The van der Waals surface area contributed by atoms with E-state index in [1.54, 1.807) is 13.3 Å². The smallest absolute Gasteiger partial charge is 0.407 e. The number of ether oxygens (including phenoxy) is 3. The Kier molecular flexibility index (Phi) is 10.5. The molecule has 52 heavy (non-hydrogen) atoms. The molecule has 282 valence electrons. The number of carbonyl (C=O) groups excluding carboxylic acids is 4. The first-order valence-electron chi connectivity index (χ1n) is 18.8. The van der Waals surface area contributed by atoms with Gasteiger partial charge in [-0.1, -0.05) is 32.1 Å². The quantitative estimate of drug-likeness (QED) is 0.419. The van der Waals surface area contributed by atoms with Gasteiger partial charge in [-0.05, 0) is 92.9 Å². The first kappa shape index (κ1) is 36.2. The molecular formula is C37H49N5O9S. The second-order valence-electron chi connectivity index (χ2n) is 15.0. The Bertz CT molecular complexity index is 1820. The monoisotopic (exact) mass is 739 g/mol. The van der Waals surface area contributed by atoms with Crippen molar-refractivity contribution in [2.75, 3.05) is 20.3 Å². The number of cyclic esters (lactones) is 1. The van der Waals surface area contributed by atoms with Crippen LogP contribution in [-0.4, -0.2) is 91.4 Å². The number of hydrogen-bond acceptors (Lipinski definition) is 10. The molecule has 14 nitrogen and oxygen atoms in total. The van der Waals surface area contributed by atoms with Crippen LogP contribution in [-0.2, 0) is 35.6 Å². The van der Waals surface area contributed by atoms with E-state index in [2.05, 4.69) is 20.3 Å². The number of sulfonamides is 1. The van der Waals surface area contributed by atoms with Crippen molar-refractivity contribution < 1.29 is 41.8 Å². The van der Waals surface area contributed by atoms with Gasteiger partial charge < -0.3 is 29.7 Å². The third-order valence-corrected chi connectivity index (χ3v) is 13.1. The van der Waals surface area contributed by atoms with Crippen LogP contribution in [0.1, 0.15) is 95.5 Å². The Morgan fingerprint density at radius 2 is 1.79 bits per heavy atom. The summed E-state index contributed by atoms with van der Waals surface area (Å²) in [6, 6.07) is 3.84. The van der Waals surface area contributed by atoms with Crippen LogP contribution in [0.5, 0.6) is 11.6 Å². The van der Waals surface area contributed by atoms with Crippen molar-refractivity contribution in [2.45, 2.75) is 125 Å². The van der Waals surface area contributed by atoms with Crippen LogP contribution in [0.15, 0.2) is 24.4 Å². The molecule has 7 rings (SSSR count). The predicted molar refractivity (Wildman–Crippen MR) is 190 cm³/mol. The largest absolute Gasteiger partial charge is 0.496 e. The minimum atomic E-state index is -3.85. The fraction of sp³-hybridized carbons (Fsp3) is 0.649. The molecule has 0 radical (unpaired) electrons. The number of nitrogens with zero attached hydrogens (tertiary/aromatic N) is 2. The number of methoxy groups -OCH3 is 1. The molecule has 4 fully saturated rings. The molecule has 2 saturated carbocycles. The molecular weight excluding hydrogens is 690 g/mol. The molecule has 1 aromatic heterocycles. The van der Waals surface area contributed by atoms with Gasteiger partial charge in [0.15, 0.2) is 0 Å². The van der Waals surface area contributed by atoms with E-state index in [1.165, 1.54) is 4.90 Å². The second kappa shape index (κ2) is 15.1. The number of carbonyl (C=O) groups is 4. The van der Waals surface area contributed by atoms with E-state index < -0.39 is 62.8 Å². The van der Waals surface area contributed by atoms with Gasteiger partial charge in [0.05, 0.1) is 25.5 Å². The predicted octanol–water partition coefficient (Wildman–Crippen LogP) is 3.64. The van der Waals surface area contributed by atoms with Crippen LogP contribution < -0.4 is 24.8 Å². The molecule has 5 atom stereocenters. The maximum atomic E-state index is 14.4. The zero-order chi connectivity index (χ0) is 36.5. The van der Waals surface area contributed by atoms with Crippen LogP contribution in [0.4, 0.5) is 4.79 Å². The molecule has 0 spiro atoms. The molecule has 5 bridgehead atoms. The highest BCUT2D eigenvalue weighted by Crippen LogP contribution is 2.48. The molecule has 5 unspecified atom stereocenters. The van der Waals surface area contributed by atoms with E-state index in [4.69, 9.17) is 14.2 Å². The fourth-order valence-corrected chi connectivity index (χ4v) is 9.42. The molecule has 4 heterocycles. The summed E-state index contributed by atoms with van der Waals surface area (Å²) in [5.41, 5.74) is -0.414. The van der Waals surface area contributed by atoms with Gasteiger partial charge in [0.2, 0.25) is 27.7 Å². The summed E-state index contributed by atoms with van der Waals surface area (Å²) < 4.78 is 45.6. The summed E-state index contributed by atoms with van der Waals surface area (Å²) in [4.78, 5) is 61.5. The Hall–Kier alpha value is -4.14. The third-order valence-electron chi connectivity index (χ3n) is 11.3. The lowest BCUT2D eigenvalue weighted by atomic mass is 10.0. The van der Waals surface area contributed by atoms with Gasteiger partial charge in [-0.3, -0.25) is 19.1 Å². The molecule has 2 aromatic rings. The molecule has 3 N–H and O–H groups in total. The molecule has 3 aliphatic heterocycles. The van der Waals surface area contributed by atoms with Crippen molar-refractivity contribution >= 4 is 44.6 Å². The minimum Gasteiger partial charge on any atom is -0.496 e. The average Bonchev–Trinajstić information content (AvgIpc) is 4.04. The van der Waals surface area contributed by atoms with Crippen LogP contribution in [0.25, 0.3) is 10.8 Å². The van der Waals surface area contributed by atoms with Crippen LogP contribution in [0.2, 0.25) is 0 Å². The summed E-state index contributed by atoms with van der Waals surface area (Å²) in [5.74, 6) is -0.857. The van der Waals surface area contributed by atoms with Crippen molar-refractivity contribution in [3.63, 3.8) is 0 Å². The second-order valence-corrected chi connectivity index (χ2v) is 17.0. The highest BCUT2D eigenvalue weighted by atomic mass is 32.2. The van der Waals surface area contributed by atoms with Gasteiger partial charge in [0, 0.05) is 18.0 Å². The summed E-state index contributed by atoms with van der Waals surface area (Å²) in [5, 5.41) is 6.77. The number of nitrogens with one attached hydrogen (secondary N) is 3. The van der Waals surface area contributed by atoms with Gasteiger partial charge in [-0.25, -0.2) is 18.2 Å². The van der Waals surface area contributed by atoms with E-state index in [-0.39, 0.29) is 25.5 Å². The first-order chi connectivity index (χ1) is 25.1. The summed E-state index contributed by atoms with van der Waals surface area (Å²) in [7, 11) is -2.22. The standard InChI is InChI=1S/C37H49N5O9S/c1-49-31-19-23-15-16-38-33-28(23)18-24(31)10-6-5-9-17-50-36(46)39-29-12-8-4-2-3-7-11-25-21-37(25,35(45)41-52(47,48)27-13-14-27)40-32(43)30-20-26(51-33)22-42(30)34(29)44/h15-16,18-19,25-27,29-30H,2-14,17,20-22H2,1H3,(H,39,46)(H,40,43)(H,41,45). The Balaban J connectivity index is 1.22. The van der Waals surface area contributed by atoms with Gasteiger partial charge in [0.25, 0.3) is 5.91 Å². The number of pyridine rings is 1. The van der Waals surface area contributed by atoms with E-state index in [0.717, 1.165) is 67.0 Å². The van der Waals surface area contributed by atoms with Gasteiger partial charge >= 0.3 is 6.09 Å². The zero-order valence-corrected chi connectivity index (χ0v) is 30.5. The number of amides is 4. The van der Waals surface area contributed by atoms with E-state index >= 15 is 0 Å². The average molecular weight is 740 g/mol. The van der Waals surface area contributed by atoms with Crippen molar-refractivity contribution in [3.8, 4) is 11.6 Å². The number of fused-ring (bicyclic) bond motifs is 4. The molecule has 2 saturated heterocycles. The highest BCUT2D eigenvalue weighted by Gasteiger charge is 2.62. The summed E-state index contributed by atoms with van der Waals surface area (Å²) in [6.07, 6.45) is 9.88. The van der Waals surface area contributed by atoms with Crippen molar-refractivity contribution in [1.29, 1.82) is 0 Å². The summed E-state index contributed by atoms with van der Waals surface area (Å²) in [6.45, 7) is 0.228. The van der Waals surface area contributed by atoms with E-state index in [0.29, 0.717) is 50.8 Å². The normalized spacial score (nSPS) is 29.2. The highest BCUT2D eigenvalue weighted by molar-refractivity contribution is 7.91. The SMILES string of the molecule is COc1cc2ccnc3c2cc1CCCCCOC(=O)NC1CCCCCCCC2CC2(C(=O)NS(=O)(=O)C2CC2)NC(=O)C2CC(CN2C1=O)O3. The Morgan fingerprint density at radius 1 is 1.02 bits per heavy atom. The van der Waals surface area contributed by atoms with Gasteiger partial charge in [0.1, 0.15) is 29.5 Å². The number of aromatic nitrogens is 1. The lowest BCUT2D eigenvalue weighted by Gasteiger charge is -2.29. The molecule has 5 aliphatic rings. The van der Waals surface area contributed by atoms with Gasteiger partial charge in [-0.15, -0.1) is 0 Å². The maximum Gasteiger partial charge on any atom is 0.407 e. The molecule has 2 aliphatic carbocycles. The molecule has 15 heteroatoms. The molecule has 4 amide bonds. The van der Waals surface area contributed by atoms with Crippen LogP contribution >= 0.6 is 0 Å². The number of hydrogen-bond donors (Lipinski definition) is 3. The first-order valence-corrected chi connectivity index (χ1v) is 20.4. The Morgan fingerprint density at radius 3 is 2.58 bits per heavy atom. The zero-order valence-electron chi connectivity index (χ0n) is 29.7. The Labute approximate surface area is 304 Å². The number of rotatable bonds is 4. The lowest BCUT2D eigenvalue weighted by Crippen LogP contribution is -2.58. The van der Waals surface area contributed by atoms with Crippen molar-refractivity contribution in [2.24, 2.45) is 5.92 Å². The maximum absolute atomic E-state index is 14.4. The summed E-state index contributed by atoms with van der Waals surface area (Å²) >= 11 is 0. The van der Waals surface area contributed by atoms with Crippen LogP contribution in [0.3, 0.4) is 0 Å².